The van der Waals surface area contributed by atoms with Gasteiger partial charge < -0.3 is 5.11 Å². The summed E-state index contributed by atoms with van der Waals surface area (Å²) in [5.41, 5.74) is -0.223. The quantitative estimate of drug-likeness (QED) is 0.756. The zero-order valence-electron chi connectivity index (χ0n) is 11.2. The molecule has 0 bridgehead atoms. The Morgan fingerprint density at radius 2 is 1.90 bits per heavy atom. The number of hydrogen-bond donors (Lipinski definition) is 2. The van der Waals surface area contributed by atoms with Gasteiger partial charge in [0.15, 0.2) is 0 Å². The number of rotatable bonds is 7. The van der Waals surface area contributed by atoms with Crippen molar-refractivity contribution >= 4 is 17.7 Å². The summed E-state index contributed by atoms with van der Waals surface area (Å²) >= 11 is 1.35. The molecule has 2 N–H and O–H groups in total. The fourth-order valence-corrected chi connectivity index (χ4v) is 2.22. The van der Waals surface area contributed by atoms with Gasteiger partial charge in [-0.05, 0) is 36.1 Å². The molecule has 1 unspecified atom stereocenters. The maximum absolute atomic E-state index is 13.1. The molecule has 0 saturated heterocycles. The molecule has 118 valence electrons. The van der Waals surface area contributed by atoms with Gasteiger partial charge in [0.25, 0.3) is 0 Å². The average Bonchev–Trinajstić information content (AvgIpc) is 2.38. The van der Waals surface area contributed by atoms with Crippen LogP contribution >= 0.6 is 11.8 Å². The molecular weight excluding hydrogens is 310 g/mol. The van der Waals surface area contributed by atoms with Gasteiger partial charge in [0.2, 0.25) is 0 Å². The number of halogens is 4. The monoisotopic (exact) mass is 325 g/mol. The second kappa shape index (κ2) is 7.65. The molecule has 2 atom stereocenters. The minimum Gasteiger partial charge on any atom is -0.480 e. The summed E-state index contributed by atoms with van der Waals surface area (Å²) in [5, 5.41) is 11.1. The van der Waals surface area contributed by atoms with Gasteiger partial charge in [-0.2, -0.15) is 24.9 Å². The van der Waals surface area contributed by atoms with Crippen LogP contribution in [0.4, 0.5) is 17.6 Å². The molecule has 21 heavy (non-hydrogen) atoms. The van der Waals surface area contributed by atoms with E-state index in [1.807, 2.05) is 0 Å². The van der Waals surface area contributed by atoms with Crippen LogP contribution in [0, 0.1) is 5.82 Å². The van der Waals surface area contributed by atoms with Crippen molar-refractivity contribution < 1.29 is 27.5 Å². The van der Waals surface area contributed by atoms with E-state index in [1.165, 1.54) is 11.8 Å². The molecule has 8 heteroatoms. The molecule has 0 aliphatic rings. The Bertz CT molecular complexity index is 464. The average molecular weight is 325 g/mol. The number of carboxylic acids is 1. The van der Waals surface area contributed by atoms with Crippen LogP contribution in [0.25, 0.3) is 0 Å². The fourth-order valence-electron chi connectivity index (χ4n) is 1.75. The Morgan fingerprint density at radius 1 is 1.33 bits per heavy atom. The van der Waals surface area contributed by atoms with Gasteiger partial charge in [0, 0.05) is 0 Å². The van der Waals surface area contributed by atoms with E-state index >= 15 is 0 Å². The number of alkyl halides is 3. The lowest BCUT2D eigenvalue weighted by molar-refractivity contribution is -0.163. The van der Waals surface area contributed by atoms with Gasteiger partial charge in [-0.1, -0.05) is 12.1 Å². The third-order valence-electron chi connectivity index (χ3n) is 2.81. The molecule has 0 saturated carbocycles. The molecule has 0 radical (unpaired) electrons. The first-order chi connectivity index (χ1) is 9.75. The van der Waals surface area contributed by atoms with Crippen molar-refractivity contribution in [2.75, 3.05) is 12.0 Å². The van der Waals surface area contributed by atoms with Crippen molar-refractivity contribution in [2.24, 2.45) is 0 Å². The lowest BCUT2D eigenvalue weighted by atomic mass is 10.0. The summed E-state index contributed by atoms with van der Waals surface area (Å²) in [6.45, 7) is 0. The van der Waals surface area contributed by atoms with Gasteiger partial charge >= 0.3 is 12.1 Å². The van der Waals surface area contributed by atoms with Crippen molar-refractivity contribution in [2.45, 2.75) is 24.7 Å². The molecule has 0 fully saturated rings. The number of benzene rings is 1. The Balaban J connectivity index is 2.97. The van der Waals surface area contributed by atoms with E-state index in [-0.39, 0.29) is 12.0 Å². The Labute approximate surface area is 123 Å². The second-order valence-electron chi connectivity index (χ2n) is 4.37. The van der Waals surface area contributed by atoms with Gasteiger partial charge in [-0.15, -0.1) is 0 Å². The first kappa shape index (κ1) is 17.8. The third kappa shape index (κ3) is 5.55. The fraction of sp³-hybridized carbons (Fsp3) is 0.462. The van der Waals surface area contributed by atoms with Gasteiger partial charge in [-0.3, -0.25) is 10.1 Å². The van der Waals surface area contributed by atoms with E-state index in [1.54, 1.807) is 6.26 Å². The van der Waals surface area contributed by atoms with E-state index in [0.29, 0.717) is 5.75 Å². The third-order valence-corrected chi connectivity index (χ3v) is 3.45. The molecule has 1 rings (SSSR count). The zero-order chi connectivity index (χ0) is 16.0. The van der Waals surface area contributed by atoms with Crippen LogP contribution in [0.3, 0.4) is 0 Å². The van der Waals surface area contributed by atoms with Crippen molar-refractivity contribution in [1.82, 2.24) is 5.32 Å². The largest absolute Gasteiger partial charge is 0.480 e. The molecule has 0 aromatic heterocycles. The summed E-state index contributed by atoms with van der Waals surface area (Å²) in [4.78, 5) is 11.1. The number of thioether (sulfide) groups is 1. The summed E-state index contributed by atoms with van der Waals surface area (Å²) < 4.78 is 52.1. The SMILES string of the molecule is CSCC[C@H](NC(c1ccc(F)cc1)C(F)(F)F)C(=O)O. The van der Waals surface area contributed by atoms with Crippen LogP contribution in [0.5, 0.6) is 0 Å². The molecule has 3 nitrogen and oxygen atoms in total. The van der Waals surface area contributed by atoms with Crippen LogP contribution in [-0.2, 0) is 4.79 Å². The van der Waals surface area contributed by atoms with Crippen LogP contribution < -0.4 is 5.32 Å². The first-order valence-electron chi connectivity index (χ1n) is 6.05. The number of nitrogens with one attached hydrogen (secondary N) is 1. The van der Waals surface area contributed by atoms with E-state index in [2.05, 4.69) is 5.32 Å². The van der Waals surface area contributed by atoms with E-state index in [0.717, 1.165) is 24.3 Å². The van der Waals surface area contributed by atoms with Gasteiger partial charge in [0.1, 0.15) is 17.9 Å². The maximum atomic E-state index is 13.1. The zero-order valence-corrected chi connectivity index (χ0v) is 12.0. The highest BCUT2D eigenvalue weighted by Crippen LogP contribution is 2.33. The molecule has 0 amide bonds. The van der Waals surface area contributed by atoms with Crippen molar-refractivity contribution in [1.29, 1.82) is 0 Å². The van der Waals surface area contributed by atoms with E-state index in [4.69, 9.17) is 5.11 Å². The lowest BCUT2D eigenvalue weighted by Crippen LogP contribution is -2.45. The van der Waals surface area contributed by atoms with Crippen molar-refractivity contribution in [3.05, 3.63) is 35.6 Å². The number of aliphatic carboxylic acids is 1. The van der Waals surface area contributed by atoms with Crippen LogP contribution in [-0.4, -0.2) is 35.3 Å². The standard InChI is InChI=1S/C13H15F4NO2S/c1-21-7-6-10(12(19)20)18-11(13(15,16)17)8-2-4-9(14)5-3-8/h2-5,10-11,18H,6-7H2,1H3,(H,19,20)/t10-,11?/m0/s1. The highest BCUT2D eigenvalue weighted by atomic mass is 32.2. The highest BCUT2D eigenvalue weighted by molar-refractivity contribution is 7.98. The summed E-state index contributed by atoms with van der Waals surface area (Å²) in [7, 11) is 0. The molecule has 0 spiro atoms. The Morgan fingerprint density at radius 3 is 2.33 bits per heavy atom. The topological polar surface area (TPSA) is 49.3 Å². The van der Waals surface area contributed by atoms with Crippen molar-refractivity contribution in [3.63, 3.8) is 0 Å². The Hall–Kier alpha value is -1.28. The smallest absolute Gasteiger partial charge is 0.407 e. The minimum absolute atomic E-state index is 0.0598. The number of carboxylic acid groups (broad SMARTS) is 1. The lowest BCUT2D eigenvalue weighted by Gasteiger charge is -2.25. The van der Waals surface area contributed by atoms with E-state index < -0.39 is 30.0 Å². The van der Waals surface area contributed by atoms with E-state index in [9.17, 15) is 22.4 Å². The van der Waals surface area contributed by atoms with Crippen LogP contribution in [0.2, 0.25) is 0 Å². The molecular formula is C13H15F4NO2S. The first-order valence-corrected chi connectivity index (χ1v) is 7.45. The minimum atomic E-state index is -4.68. The maximum Gasteiger partial charge on any atom is 0.407 e. The van der Waals surface area contributed by atoms with Gasteiger partial charge in [-0.25, -0.2) is 4.39 Å². The normalized spacial score (nSPS) is 14.7. The number of carbonyl (C=O) groups is 1. The van der Waals surface area contributed by atoms with Crippen LogP contribution in [0.1, 0.15) is 18.0 Å². The summed E-state index contributed by atoms with van der Waals surface area (Å²) in [5.74, 6) is -1.59. The van der Waals surface area contributed by atoms with Crippen molar-refractivity contribution in [3.8, 4) is 0 Å². The molecule has 0 aliphatic carbocycles. The van der Waals surface area contributed by atoms with Crippen LogP contribution in [0.15, 0.2) is 24.3 Å². The number of hydrogen-bond acceptors (Lipinski definition) is 3. The predicted octanol–water partition coefficient (Wildman–Crippen LogP) is 3.23. The molecule has 1 aromatic carbocycles. The second-order valence-corrected chi connectivity index (χ2v) is 5.35. The summed E-state index contributed by atoms with van der Waals surface area (Å²) in [6.07, 6.45) is -2.88. The molecule has 0 heterocycles. The molecule has 0 aliphatic heterocycles. The Kier molecular flexibility index (Phi) is 6.47. The predicted molar refractivity (Wildman–Crippen MR) is 72.8 cm³/mol. The highest BCUT2D eigenvalue weighted by Gasteiger charge is 2.42. The van der Waals surface area contributed by atoms with Gasteiger partial charge in [0.05, 0.1) is 0 Å². The summed E-state index contributed by atoms with van der Waals surface area (Å²) in [6, 6.07) is 0.332. The molecule has 1 aromatic rings.